The lowest BCUT2D eigenvalue weighted by molar-refractivity contribution is 0.0988. The summed E-state index contributed by atoms with van der Waals surface area (Å²) in [6.07, 6.45) is 4.34. The Morgan fingerprint density at radius 3 is 2.71 bits per heavy atom. The van der Waals surface area contributed by atoms with Crippen LogP contribution in [0.4, 0.5) is 0 Å². The van der Waals surface area contributed by atoms with Gasteiger partial charge in [0.25, 0.3) is 0 Å². The second-order valence-corrected chi connectivity index (χ2v) is 5.34. The minimum Gasteiger partial charge on any atom is -0.328 e. The molecule has 1 aromatic rings. The van der Waals surface area contributed by atoms with E-state index in [1.54, 1.807) is 0 Å². The highest BCUT2D eigenvalue weighted by molar-refractivity contribution is 7.12. The van der Waals surface area contributed by atoms with Crippen LogP contribution in [0.25, 0.3) is 0 Å². The summed E-state index contributed by atoms with van der Waals surface area (Å²) in [6, 6.07) is 4.64. The predicted molar refractivity (Wildman–Crippen MR) is 74.1 cm³/mol. The molecule has 1 heterocycles. The molecule has 0 bridgehead atoms. The van der Waals surface area contributed by atoms with Gasteiger partial charge >= 0.3 is 0 Å². The zero-order chi connectivity index (χ0) is 11.4. The van der Waals surface area contributed by atoms with Crippen LogP contribution in [0.1, 0.15) is 35.4 Å². The Morgan fingerprint density at radius 2 is 2.12 bits per heavy atom. The molecule has 2 rings (SSSR count). The van der Waals surface area contributed by atoms with Crippen molar-refractivity contribution in [3.63, 3.8) is 0 Å². The number of Topliss-reactive ketones (excluding diaryl/α,β-unsaturated/α-hetero) is 1. The van der Waals surface area contributed by atoms with Crippen molar-refractivity contribution in [1.82, 2.24) is 5.32 Å². The molecule has 96 valence electrons. The number of halogens is 1. The normalized spacial score (nSPS) is 24.1. The van der Waals surface area contributed by atoms with Gasteiger partial charge in [0.05, 0.1) is 11.4 Å². The van der Waals surface area contributed by atoms with Gasteiger partial charge in [-0.05, 0) is 37.1 Å². The van der Waals surface area contributed by atoms with Crippen molar-refractivity contribution in [2.75, 3.05) is 6.54 Å². The monoisotopic (exact) mass is 274 g/mol. The summed E-state index contributed by atoms with van der Waals surface area (Å²) in [5, 5.41) is 5.27. The Morgan fingerprint density at radius 1 is 1.41 bits per heavy atom. The maximum absolute atomic E-state index is 11.7. The number of nitrogens with one attached hydrogen (secondary N) is 1. The lowest BCUT2D eigenvalue weighted by Gasteiger charge is -2.26. The molecular weight excluding hydrogens is 256 g/mol. The zero-order valence-electron chi connectivity index (χ0n) is 9.72. The fourth-order valence-electron chi connectivity index (χ4n) is 2.08. The van der Waals surface area contributed by atoms with E-state index in [0.29, 0.717) is 18.6 Å². The highest BCUT2D eigenvalue weighted by Crippen LogP contribution is 2.17. The Kier molecular flexibility index (Phi) is 6.12. The van der Waals surface area contributed by atoms with Crippen LogP contribution in [-0.2, 0) is 0 Å². The molecule has 3 nitrogen and oxygen atoms in total. The van der Waals surface area contributed by atoms with Crippen molar-refractivity contribution in [3.8, 4) is 0 Å². The van der Waals surface area contributed by atoms with Crippen molar-refractivity contribution in [2.24, 2.45) is 5.73 Å². The molecule has 1 fully saturated rings. The van der Waals surface area contributed by atoms with E-state index in [9.17, 15) is 4.79 Å². The highest BCUT2D eigenvalue weighted by atomic mass is 35.5. The van der Waals surface area contributed by atoms with Crippen molar-refractivity contribution in [3.05, 3.63) is 22.4 Å². The highest BCUT2D eigenvalue weighted by Gasteiger charge is 2.18. The van der Waals surface area contributed by atoms with Crippen LogP contribution in [0.3, 0.4) is 0 Å². The van der Waals surface area contributed by atoms with Crippen LogP contribution >= 0.6 is 23.7 Å². The van der Waals surface area contributed by atoms with Crippen LogP contribution in [0.5, 0.6) is 0 Å². The van der Waals surface area contributed by atoms with Gasteiger partial charge in [0.1, 0.15) is 0 Å². The van der Waals surface area contributed by atoms with E-state index in [1.165, 1.54) is 11.3 Å². The molecule has 0 aliphatic heterocycles. The SMILES string of the molecule is Cl.NC1CCC(NCC(=O)c2cccs2)CC1. The maximum atomic E-state index is 11.7. The van der Waals surface area contributed by atoms with Crippen LogP contribution in [0.2, 0.25) is 0 Å². The van der Waals surface area contributed by atoms with E-state index in [1.807, 2.05) is 17.5 Å². The molecule has 0 unspecified atom stereocenters. The van der Waals surface area contributed by atoms with Gasteiger partial charge in [-0.25, -0.2) is 0 Å². The zero-order valence-corrected chi connectivity index (χ0v) is 11.4. The summed E-state index contributed by atoms with van der Waals surface area (Å²) in [6.45, 7) is 0.459. The number of rotatable bonds is 4. The first kappa shape index (κ1) is 14.6. The van der Waals surface area contributed by atoms with Crippen LogP contribution in [0, 0.1) is 0 Å². The van der Waals surface area contributed by atoms with E-state index in [-0.39, 0.29) is 18.2 Å². The minimum absolute atomic E-state index is 0. The second-order valence-electron chi connectivity index (χ2n) is 4.39. The van der Waals surface area contributed by atoms with E-state index < -0.39 is 0 Å². The molecule has 17 heavy (non-hydrogen) atoms. The first-order chi connectivity index (χ1) is 7.75. The van der Waals surface area contributed by atoms with Gasteiger partial charge in [-0.1, -0.05) is 6.07 Å². The predicted octanol–water partition coefficient (Wildman–Crippen LogP) is 2.21. The quantitative estimate of drug-likeness (QED) is 0.828. The number of ketones is 1. The fourth-order valence-corrected chi connectivity index (χ4v) is 2.75. The Bertz CT molecular complexity index is 334. The first-order valence-corrected chi connectivity index (χ1v) is 6.69. The van der Waals surface area contributed by atoms with Crippen molar-refractivity contribution >= 4 is 29.5 Å². The standard InChI is InChI=1S/C12H18N2OS.ClH/c13-9-3-5-10(6-4-9)14-8-11(15)12-2-1-7-16-12;/h1-2,7,9-10,14H,3-6,8,13H2;1H. The molecule has 5 heteroatoms. The average Bonchev–Trinajstić information content (AvgIpc) is 2.81. The van der Waals surface area contributed by atoms with Crippen molar-refractivity contribution < 1.29 is 4.79 Å². The molecule has 0 spiro atoms. The molecule has 1 aliphatic rings. The third kappa shape index (κ3) is 4.39. The van der Waals surface area contributed by atoms with Gasteiger partial charge in [0.15, 0.2) is 5.78 Å². The Labute approximate surface area is 112 Å². The van der Waals surface area contributed by atoms with Crippen molar-refractivity contribution in [1.29, 1.82) is 0 Å². The maximum Gasteiger partial charge on any atom is 0.186 e. The van der Waals surface area contributed by atoms with Crippen LogP contribution in [0.15, 0.2) is 17.5 Å². The minimum atomic E-state index is 0. The number of hydrogen-bond donors (Lipinski definition) is 2. The number of hydrogen-bond acceptors (Lipinski definition) is 4. The van der Waals surface area contributed by atoms with Gasteiger partial charge in [0.2, 0.25) is 0 Å². The third-order valence-electron chi connectivity index (χ3n) is 3.12. The first-order valence-electron chi connectivity index (χ1n) is 5.81. The summed E-state index contributed by atoms with van der Waals surface area (Å²) in [5.41, 5.74) is 5.84. The van der Waals surface area contributed by atoms with Crippen LogP contribution in [-0.4, -0.2) is 24.4 Å². The molecule has 0 atom stereocenters. The summed E-state index contributed by atoms with van der Waals surface area (Å²) < 4.78 is 0. The molecule has 1 aliphatic carbocycles. The summed E-state index contributed by atoms with van der Waals surface area (Å²) in [7, 11) is 0. The van der Waals surface area contributed by atoms with Gasteiger partial charge < -0.3 is 11.1 Å². The topological polar surface area (TPSA) is 55.1 Å². The molecule has 1 aromatic heterocycles. The van der Waals surface area contributed by atoms with Crippen molar-refractivity contribution in [2.45, 2.75) is 37.8 Å². The summed E-state index contributed by atoms with van der Waals surface area (Å²) >= 11 is 1.51. The number of carbonyl (C=O) groups excluding carboxylic acids is 1. The molecule has 0 saturated heterocycles. The number of nitrogens with two attached hydrogens (primary N) is 1. The van der Waals surface area contributed by atoms with Gasteiger partial charge in [-0.15, -0.1) is 23.7 Å². The van der Waals surface area contributed by atoms with E-state index in [4.69, 9.17) is 5.73 Å². The fraction of sp³-hybridized carbons (Fsp3) is 0.583. The van der Waals surface area contributed by atoms with E-state index >= 15 is 0 Å². The lowest BCUT2D eigenvalue weighted by atomic mass is 9.92. The van der Waals surface area contributed by atoms with Gasteiger partial charge in [-0.2, -0.15) is 0 Å². The average molecular weight is 275 g/mol. The molecule has 1 saturated carbocycles. The Balaban J connectivity index is 0.00000144. The molecule has 0 amide bonds. The smallest absolute Gasteiger partial charge is 0.186 e. The Hall–Kier alpha value is -0.420. The van der Waals surface area contributed by atoms with Crippen LogP contribution < -0.4 is 11.1 Å². The molecule has 0 radical (unpaired) electrons. The van der Waals surface area contributed by atoms with E-state index in [2.05, 4.69) is 5.32 Å². The molecule has 0 aromatic carbocycles. The third-order valence-corrected chi connectivity index (χ3v) is 4.03. The molecular formula is C12H19ClN2OS. The largest absolute Gasteiger partial charge is 0.328 e. The van der Waals surface area contributed by atoms with Gasteiger partial charge in [0, 0.05) is 12.1 Å². The van der Waals surface area contributed by atoms with Gasteiger partial charge in [-0.3, -0.25) is 4.79 Å². The second kappa shape index (κ2) is 7.11. The van der Waals surface area contributed by atoms with E-state index in [0.717, 1.165) is 30.6 Å². The number of carbonyl (C=O) groups is 1. The summed E-state index contributed by atoms with van der Waals surface area (Å²) in [4.78, 5) is 12.6. The molecule has 3 N–H and O–H groups in total. The number of thiophene rings is 1. The summed E-state index contributed by atoms with van der Waals surface area (Å²) in [5.74, 6) is 0.199. The lowest BCUT2D eigenvalue weighted by Crippen LogP contribution is -2.39.